The summed E-state index contributed by atoms with van der Waals surface area (Å²) in [6.07, 6.45) is 0. The number of amides is 1. The number of nitrogens with zero attached hydrogens (tertiary/aromatic N) is 4. The van der Waals surface area contributed by atoms with Gasteiger partial charge in [0.15, 0.2) is 0 Å². The normalized spacial score (nSPS) is 11.1. The van der Waals surface area contributed by atoms with Crippen LogP contribution in [0.2, 0.25) is 0 Å². The molecule has 0 unspecified atom stereocenters. The number of carbonyl (C=O) groups excluding carboxylic acids is 1. The van der Waals surface area contributed by atoms with Crippen molar-refractivity contribution in [1.82, 2.24) is 24.6 Å². The van der Waals surface area contributed by atoms with E-state index in [-0.39, 0.29) is 5.91 Å². The molecule has 136 valence electrons. The number of fused-ring (bicyclic) bond motifs is 1. The van der Waals surface area contributed by atoms with Gasteiger partial charge in [-0.15, -0.1) is 0 Å². The first-order valence-corrected chi connectivity index (χ1v) is 8.86. The predicted octanol–water partition coefficient (Wildman–Crippen LogP) is 3.31. The van der Waals surface area contributed by atoms with Crippen molar-refractivity contribution < 1.29 is 4.79 Å². The standard InChI is InChI=1S/C21H21N5O/c1-14-20(15(2)26(24-14)16-9-5-4-6-10-16)21(27)22-13-19-23-17-11-7-8-12-18(17)25(19)3/h4-12H,13H2,1-3H3,(H,22,27). The van der Waals surface area contributed by atoms with Gasteiger partial charge >= 0.3 is 0 Å². The number of benzene rings is 2. The van der Waals surface area contributed by atoms with Crippen LogP contribution >= 0.6 is 0 Å². The summed E-state index contributed by atoms with van der Waals surface area (Å²) in [6.45, 7) is 4.13. The Morgan fingerprint density at radius 3 is 2.48 bits per heavy atom. The molecule has 27 heavy (non-hydrogen) atoms. The van der Waals surface area contributed by atoms with Gasteiger partial charge in [-0.2, -0.15) is 5.10 Å². The van der Waals surface area contributed by atoms with Crippen LogP contribution < -0.4 is 5.32 Å². The average Bonchev–Trinajstić information content (AvgIpc) is 3.17. The van der Waals surface area contributed by atoms with Crippen LogP contribution in [0.5, 0.6) is 0 Å². The summed E-state index contributed by atoms with van der Waals surface area (Å²) >= 11 is 0. The molecule has 0 fully saturated rings. The molecule has 4 rings (SSSR count). The summed E-state index contributed by atoms with van der Waals surface area (Å²) in [7, 11) is 1.96. The second-order valence-electron chi connectivity index (χ2n) is 6.55. The zero-order chi connectivity index (χ0) is 19.0. The summed E-state index contributed by atoms with van der Waals surface area (Å²) in [5, 5.41) is 7.53. The van der Waals surface area contributed by atoms with E-state index in [9.17, 15) is 4.79 Å². The van der Waals surface area contributed by atoms with Gasteiger partial charge in [0.25, 0.3) is 5.91 Å². The van der Waals surface area contributed by atoms with Gasteiger partial charge in [-0.3, -0.25) is 4.79 Å². The van der Waals surface area contributed by atoms with E-state index in [2.05, 4.69) is 15.4 Å². The van der Waals surface area contributed by atoms with Crippen LogP contribution in [-0.4, -0.2) is 25.2 Å². The first-order chi connectivity index (χ1) is 13.1. The number of rotatable bonds is 4. The van der Waals surface area contributed by atoms with Gasteiger partial charge in [0.2, 0.25) is 0 Å². The molecular formula is C21H21N5O. The maximum atomic E-state index is 12.8. The minimum Gasteiger partial charge on any atom is -0.345 e. The fraction of sp³-hybridized carbons (Fsp3) is 0.190. The van der Waals surface area contributed by atoms with Gasteiger partial charge in [-0.25, -0.2) is 9.67 Å². The van der Waals surface area contributed by atoms with Crippen molar-refractivity contribution >= 4 is 16.9 Å². The predicted molar refractivity (Wildman–Crippen MR) is 105 cm³/mol. The third kappa shape index (κ3) is 2.99. The van der Waals surface area contributed by atoms with Crippen molar-refractivity contribution in [3.63, 3.8) is 0 Å². The van der Waals surface area contributed by atoms with Crippen molar-refractivity contribution in [3.05, 3.63) is 77.4 Å². The van der Waals surface area contributed by atoms with Crippen molar-refractivity contribution in [3.8, 4) is 5.69 Å². The maximum absolute atomic E-state index is 12.8. The maximum Gasteiger partial charge on any atom is 0.255 e. The van der Waals surface area contributed by atoms with Crippen molar-refractivity contribution in [2.24, 2.45) is 7.05 Å². The lowest BCUT2D eigenvalue weighted by Crippen LogP contribution is -2.25. The molecular weight excluding hydrogens is 338 g/mol. The highest BCUT2D eigenvalue weighted by Crippen LogP contribution is 2.18. The first-order valence-electron chi connectivity index (χ1n) is 8.86. The lowest BCUT2D eigenvalue weighted by Gasteiger charge is -2.07. The molecule has 1 amide bonds. The van der Waals surface area contributed by atoms with E-state index in [1.54, 1.807) is 4.68 Å². The quantitative estimate of drug-likeness (QED) is 0.608. The summed E-state index contributed by atoms with van der Waals surface area (Å²) in [6, 6.07) is 17.7. The van der Waals surface area contributed by atoms with E-state index >= 15 is 0 Å². The van der Waals surface area contributed by atoms with Gasteiger partial charge in [0, 0.05) is 7.05 Å². The van der Waals surface area contributed by atoms with Crippen LogP contribution in [0.15, 0.2) is 54.6 Å². The average molecular weight is 359 g/mol. The van der Waals surface area contributed by atoms with Crippen molar-refractivity contribution in [2.45, 2.75) is 20.4 Å². The largest absolute Gasteiger partial charge is 0.345 e. The van der Waals surface area contributed by atoms with E-state index in [1.165, 1.54) is 0 Å². The Labute approximate surface area is 157 Å². The molecule has 6 heteroatoms. The zero-order valence-corrected chi connectivity index (χ0v) is 15.6. The third-order valence-corrected chi connectivity index (χ3v) is 4.81. The first kappa shape index (κ1) is 17.0. The fourth-order valence-corrected chi connectivity index (χ4v) is 3.39. The molecule has 0 aliphatic carbocycles. The van der Waals surface area contributed by atoms with Gasteiger partial charge in [0.1, 0.15) is 5.82 Å². The second kappa shape index (κ2) is 6.72. The number of imidazole rings is 1. The SMILES string of the molecule is Cc1nn(-c2ccccc2)c(C)c1C(=O)NCc1nc2ccccc2n1C. The van der Waals surface area contributed by atoms with Crippen LogP contribution in [0.25, 0.3) is 16.7 Å². The third-order valence-electron chi connectivity index (χ3n) is 4.81. The van der Waals surface area contributed by atoms with Crippen LogP contribution in [0.4, 0.5) is 0 Å². The highest BCUT2D eigenvalue weighted by Gasteiger charge is 2.20. The molecule has 4 aromatic rings. The monoisotopic (exact) mass is 359 g/mol. The van der Waals surface area contributed by atoms with Crippen molar-refractivity contribution in [2.75, 3.05) is 0 Å². The number of aryl methyl sites for hydroxylation is 2. The number of aromatic nitrogens is 4. The molecule has 0 aliphatic rings. The molecule has 0 bridgehead atoms. The van der Waals surface area contributed by atoms with Crippen LogP contribution in [0, 0.1) is 13.8 Å². The summed E-state index contributed by atoms with van der Waals surface area (Å²) < 4.78 is 3.81. The number of nitrogens with one attached hydrogen (secondary N) is 1. The molecule has 6 nitrogen and oxygen atoms in total. The Balaban J connectivity index is 1.58. The molecule has 0 radical (unpaired) electrons. The molecule has 2 aromatic carbocycles. The lowest BCUT2D eigenvalue weighted by molar-refractivity contribution is 0.0948. The molecule has 0 spiro atoms. The Hall–Kier alpha value is -3.41. The van der Waals surface area contributed by atoms with Crippen LogP contribution in [0.1, 0.15) is 27.6 Å². The van der Waals surface area contributed by atoms with Gasteiger partial charge in [-0.05, 0) is 38.1 Å². The highest BCUT2D eigenvalue weighted by atomic mass is 16.1. The number of hydrogen-bond donors (Lipinski definition) is 1. The smallest absolute Gasteiger partial charge is 0.255 e. The van der Waals surface area contributed by atoms with Crippen LogP contribution in [-0.2, 0) is 13.6 Å². The fourth-order valence-electron chi connectivity index (χ4n) is 3.39. The highest BCUT2D eigenvalue weighted by molar-refractivity contribution is 5.96. The summed E-state index contributed by atoms with van der Waals surface area (Å²) in [5.74, 6) is 0.676. The van der Waals surface area contributed by atoms with Crippen LogP contribution in [0.3, 0.4) is 0 Å². The molecule has 0 saturated carbocycles. The molecule has 0 aliphatic heterocycles. The summed E-state index contributed by atoms with van der Waals surface area (Å²) in [4.78, 5) is 17.4. The van der Waals surface area contributed by atoms with E-state index in [1.807, 2.05) is 80.1 Å². The topological polar surface area (TPSA) is 64.7 Å². The number of carbonyl (C=O) groups is 1. The minimum absolute atomic E-state index is 0.140. The Morgan fingerprint density at radius 2 is 1.74 bits per heavy atom. The Kier molecular flexibility index (Phi) is 4.24. The zero-order valence-electron chi connectivity index (χ0n) is 15.6. The molecule has 2 aromatic heterocycles. The van der Waals surface area contributed by atoms with E-state index < -0.39 is 0 Å². The Morgan fingerprint density at radius 1 is 1.04 bits per heavy atom. The molecule has 0 atom stereocenters. The van der Waals surface area contributed by atoms with Gasteiger partial charge in [-0.1, -0.05) is 30.3 Å². The molecule has 2 heterocycles. The second-order valence-corrected chi connectivity index (χ2v) is 6.55. The van der Waals surface area contributed by atoms with E-state index in [4.69, 9.17) is 0 Å². The number of para-hydroxylation sites is 3. The summed E-state index contributed by atoms with van der Waals surface area (Å²) in [5.41, 5.74) is 5.05. The number of hydrogen-bond acceptors (Lipinski definition) is 3. The minimum atomic E-state index is -0.140. The Bertz CT molecular complexity index is 1120. The van der Waals surface area contributed by atoms with Gasteiger partial charge in [0.05, 0.1) is 40.2 Å². The lowest BCUT2D eigenvalue weighted by atomic mass is 10.2. The molecule has 0 saturated heterocycles. The van der Waals surface area contributed by atoms with Crippen molar-refractivity contribution in [1.29, 1.82) is 0 Å². The van der Waals surface area contributed by atoms with E-state index in [0.717, 1.165) is 28.2 Å². The molecule has 1 N–H and O–H groups in total. The van der Waals surface area contributed by atoms with Gasteiger partial charge < -0.3 is 9.88 Å². The van der Waals surface area contributed by atoms with E-state index in [0.29, 0.717) is 17.8 Å².